The quantitative estimate of drug-likeness (QED) is 0.604. The number of hydrogen-bond donors (Lipinski definition) is 2. The minimum absolute atomic E-state index is 0.0255. The molecule has 0 aromatic carbocycles. The molecule has 0 aliphatic carbocycles. The van der Waals surface area contributed by atoms with Crippen LogP contribution < -0.4 is 10.0 Å². The Kier molecular flexibility index (Phi) is 5.87. The van der Waals surface area contributed by atoms with Gasteiger partial charge in [-0.05, 0) is 31.8 Å². The second-order valence-corrected chi connectivity index (χ2v) is 6.13. The van der Waals surface area contributed by atoms with Gasteiger partial charge >= 0.3 is 5.97 Å². The Morgan fingerprint density at radius 2 is 2.29 bits per heavy atom. The molecule has 1 aliphatic heterocycles. The molecule has 0 bridgehead atoms. The Bertz CT molecular complexity index is 336. The molecule has 1 saturated heterocycles. The lowest BCUT2D eigenvalue weighted by atomic mass is 10.1. The van der Waals surface area contributed by atoms with Crippen molar-refractivity contribution in [2.24, 2.45) is 5.92 Å². The van der Waals surface area contributed by atoms with Crippen LogP contribution in [0.15, 0.2) is 0 Å². The summed E-state index contributed by atoms with van der Waals surface area (Å²) in [6.45, 7) is 2.30. The molecule has 0 spiro atoms. The first-order valence-electron chi connectivity index (χ1n) is 5.78. The fourth-order valence-electron chi connectivity index (χ4n) is 1.71. The molecule has 7 heteroatoms. The lowest BCUT2D eigenvalue weighted by Crippen LogP contribution is -2.32. The predicted molar refractivity (Wildman–Crippen MR) is 64.0 cm³/mol. The lowest BCUT2D eigenvalue weighted by molar-refractivity contribution is -0.140. The van der Waals surface area contributed by atoms with E-state index >= 15 is 0 Å². The zero-order valence-corrected chi connectivity index (χ0v) is 10.9. The van der Waals surface area contributed by atoms with E-state index in [0.29, 0.717) is 18.9 Å². The highest BCUT2D eigenvalue weighted by Crippen LogP contribution is 2.06. The number of carbonyl (C=O) groups is 1. The van der Waals surface area contributed by atoms with Crippen molar-refractivity contribution >= 4 is 16.0 Å². The molecule has 1 rings (SSSR count). The van der Waals surface area contributed by atoms with E-state index in [0.717, 1.165) is 19.5 Å². The summed E-state index contributed by atoms with van der Waals surface area (Å²) < 4.78 is 30.2. The molecular formula is C10H20N2O4S. The third-order valence-electron chi connectivity index (χ3n) is 2.78. The Labute approximate surface area is 102 Å². The van der Waals surface area contributed by atoms with Crippen LogP contribution in [0.3, 0.4) is 0 Å². The van der Waals surface area contributed by atoms with Gasteiger partial charge in [0.15, 0.2) is 0 Å². The van der Waals surface area contributed by atoms with Crippen LogP contribution >= 0.6 is 0 Å². The SMILES string of the molecule is COC(=O)CCCS(=O)(=O)NCC1CCNC1. The van der Waals surface area contributed by atoms with Crippen LogP contribution in [-0.4, -0.2) is 46.9 Å². The maximum Gasteiger partial charge on any atom is 0.305 e. The van der Waals surface area contributed by atoms with Gasteiger partial charge in [0.2, 0.25) is 10.0 Å². The summed E-state index contributed by atoms with van der Waals surface area (Å²) >= 11 is 0. The number of carbonyl (C=O) groups excluding carboxylic acids is 1. The molecular weight excluding hydrogens is 244 g/mol. The van der Waals surface area contributed by atoms with Gasteiger partial charge in [0.1, 0.15) is 0 Å². The van der Waals surface area contributed by atoms with Gasteiger partial charge in [-0.2, -0.15) is 0 Å². The molecule has 6 nitrogen and oxygen atoms in total. The largest absolute Gasteiger partial charge is 0.469 e. The number of sulfonamides is 1. The monoisotopic (exact) mass is 264 g/mol. The fourth-order valence-corrected chi connectivity index (χ4v) is 2.87. The summed E-state index contributed by atoms with van der Waals surface area (Å²) in [5.41, 5.74) is 0. The van der Waals surface area contributed by atoms with E-state index < -0.39 is 10.0 Å². The van der Waals surface area contributed by atoms with Crippen molar-refractivity contribution in [1.82, 2.24) is 10.0 Å². The highest BCUT2D eigenvalue weighted by atomic mass is 32.2. The zero-order valence-electron chi connectivity index (χ0n) is 10.1. The third kappa shape index (κ3) is 5.99. The zero-order chi connectivity index (χ0) is 12.7. The number of hydrogen-bond acceptors (Lipinski definition) is 5. The van der Waals surface area contributed by atoms with Gasteiger partial charge in [0.05, 0.1) is 12.9 Å². The average molecular weight is 264 g/mol. The van der Waals surface area contributed by atoms with E-state index in [9.17, 15) is 13.2 Å². The fraction of sp³-hybridized carbons (Fsp3) is 0.900. The molecule has 0 radical (unpaired) electrons. The number of methoxy groups -OCH3 is 1. The molecule has 1 fully saturated rings. The van der Waals surface area contributed by atoms with Gasteiger partial charge in [0, 0.05) is 13.0 Å². The first-order chi connectivity index (χ1) is 8.03. The highest BCUT2D eigenvalue weighted by Gasteiger charge is 2.18. The molecule has 0 amide bonds. The van der Waals surface area contributed by atoms with Crippen molar-refractivity contribution in [2.75, 3.05) is 32.5 Å². The average Bonchev–Trinajstić information content (AvgIpc) is 2.79. The van der Waals surface area contributed by atoms with Crippen molar-refractivity contribution in [3.8, 4) is 0 Å². The van der Waals surface area contributed by atoms with Crippen molar-refractivity contribution < 1.29 is 17.9 Å². The van der Waals surface area contributed by atoms with E-state index in [2.05, 4.69) is 14.8 Å². The van der Waals surface area contributed by atoms with Gasteiger partial charge in [-0.15, -0.1) is 0 Å². The van der Waals surface area contributed by atoms with Gasteiger partial charge < -0.3 is 10.1 Å². The molecule has 1 aliphatic rings. The number of nitrogens with one attached hydrogen (secondary N) is 2. The van der Waals surface area contributed by atoms with Crippen LogP contribution in [0.25, 0.3) is 0 Å². The molecule has 0 saturated carbocycles. The van der Waals surface area contributed by atoms with Crippen LogP contribution in [0.5, 0.6) is 0 Å². The van der Waals surface area contributed by atoms with E-state index in [4.69, 9.17) is 0 Å². The minimum Gasteiger partial charge on any atom is -0.469 e. The summed E-state index contributed by atoms with van der Waals surface area (Å²) in [5.74, 6) is -0.0204. The Hall–Kier alpha value is -0.660. The van der Waals surface area contributed by atoms with Gasteiger partial charge in [-0.1, -0.05) is 0 Å². The predicted octanol–water partition coefficient (Wildman–Crippen LogP) is -0.531. The second kappa shape index (κ2) is 6.93. The maximum absolute atomic E-state index is 11.6. The molecule has 0 aromatic rings. The Balaban J connectivity index is 2.18. The van der Waals surface area contributed by atoms with Crippen molar-refractivity contribution in [3.63, 3.8) is 0 Å². The van der Waals surface area contributed by atoms with E-state index in [1.165, 1.54) is 7.11 Å². The summed E-state index contributed by atoms with van der Waals surface area (Å²) in [5, 5.41) is 3.18. The first kappa shape index (κ1) is 14.4. The van der Waals surface area contributed by atoms with Gasteiger partial charge in [-0.25, -0.2) is 13.1 Å². The van der Waals surface area contributed by atoms with Crippen LogP contribution in [0.2, 0.25) is 0 Å². The summed E-state index contributed by atoms with van der Waals surface area (Å²) in [7, 11) is -1.96. The number of ether oxygens (including phenoxy) is 1. The van der Waals surface area contributed by atoms with Crippen LogP contribution in [0.4, 0.5) is 0 Å². The van der Waals surface area contributed by atoms with E-state index in [1.807, 2.05) is 0 Å². The minimum atomic E-state index is -3.26. The van der Waals surface area contributed by atoms with Crippen molar-refractivity contribution in [1.29, 1.82) is 0 Å². The van der Waals surface area contributed by atoms with Crippen LogP contribution in [0, 0.1) is 5.92 Å². The van der Waals surface area contributed by atoms with Crippen molar-refractivity contribution in [3.05, 3.63) is 0 Å². The molecule has 17 heavy (non-hydrogen) atoms. The summed E-state index contributed by atoms with van der Waals surface area (Å²) in [6.07, 6.45) is 1.44. The Morgan fingerprint density at radius 3 is 2.88 bits per heavy atom. The smallest absolute Gasteiger partial charge is 0.305 e. The first-order valence-corrected chi connectivity index (χ1v) is 7.43. The lowest BCUT2D eigenvalue weighted by Gasteiger charge is -2.10. The molecule has 1 heterocycles. The Morgan fingerprint density at radius 1 is 1.53 bits per heavy atom. The highest BCUT2D eigenvalue weighted by molar-refractivity contribution is 7.89. The number of esters is 1. The third-order valence-corrected chi connectivity index (χ3v) is 4.21. The van der Waals surface area contributed by atoms with E-state index in [1.54, 1.807) is 0 Å². The second-order valence-electron chi connectivity index (χ2n) is 4.21. The molecule has 1 unspecified atom stereocenters. The van der Waals surface area contributed by atoms with Gasteiger partial charge in [-0.3, -0.25) is 4.79 Å². The van der Waals surface area contributed by atoms with Crippen LogP contribution in [0.1, 0.15) is 19.3 Å². The van der Waals surface area contributed by atoms with E-state index in [-0.39, 0.29) is 18.1 Å². The normalized spacial score (nSPS) is 20.4. The van der Waals surface area contributed by atoms with Crippen molar-refractivity contribution in [2.45, 2.75) is 19.3 Å². The van der Waals surface area contributed by atoms with Crippen LogP contribution in [-0.2, 0) is 19.6 Å². The maximum atomic E-state index is 11.6. The molecule has 2 N–H and O–H groups in total. The molecule has 100 valence electrons. The number of rotatable bonds is 7. The molecule has 1 atom stereocenters. The van der Waals surface area contributed by atoms with Gasteiger partial charge in [0.25, 0.3) is 0 Å². The summed E-state index contributed by atoms with van der Waals surface area (Å²) in [6, 6.07) is 0. The standard InChI is InChI=1S/C10H20N2O4S/c1-16-10(13)3-2-6-17(14,15)12-8-9-4-5-11-7-9/h9,11-12H,2-8H2,1H3. The summed E-state index contributed by atoms with van der Waals surface area (Å²) in [4.78, 5) is 10.8. The molecule has 0 aromatic heterocycles. The topological polar surface area (TPSA) is 84.5 Å².